The first-order valence-corrected chi connectivity index (χ1v) is 7.46. The Balaban J connectivity index is 2.52. The molecule has 0 saturated carbocycles. The van der Waals surface area contributed by atoms with Crippen LogP contribution in [0.15, 0.2) is 35.9 Å². The van der Waals surface area contributed by atoms with Gasteiger partial charge in [-0.3, -0.25) is 9.59 Å². The molecule has 0 aliphatic rings. The van der Waals surface area contributed by atoms with Crippen LogP contribution in [0.1, 0.15) is 51.5 Å². The Labute approximate surface area is 127 Å². The second kappa shape index (κ2) is 9.72. The summed E-state index contributed by atoms with van der Waals surface area (Å²) in [6.45, 7) is 3.80. The van der Waals surface area contributed by atoms with Gasteiger partial charge in [0.25, 0.3) is 5.78 Å². The van der Waals surface area contributed by atoms with Crippen molar-refractivity contribution >= 4 is 17.6 Å². The first kappa shape index (κ1) is 16.9. The van der Waals surface area contributed by atoms with E-state index in [0.29, 0.717) is 12.0 Å². The highest BCUT2D eigenvalue weighted by Crippen LogP contribution is 2.07. The van der Waals surface area contributed by atoms with Crippen molar-refractivity contribution in [1.82, 2.24) is 0 Å². The molecule has 1 rings (SSSR count). The number of carbonyl (C=O) groups is 2. The summed E-state index contributed by atoms with van der Waals surface area (Å²) in [6, 6.07) is 9.47. The lowest BCUT2D eigenvalue weighted by atomic mass is 10.1. The van der Waals surface area contributed by atoms with Gasteiger partial charge in [0, 0.05) is 12.0 Å². The van der Waals surface area contributed by atoms with E-state index in [-0.39, 0.29) is 0 Å². The van der Waals surface area contributed by atoms with E-state index in [2.05, 4.69) is 18.8 Å². The Morgan fingerprint density at radius 2 is 1.81 bits per heavy atom. The molecule has 0 heterocycles. The van der Waals surface area contributed by atoms with Gasteiger partial charge < -0.3 is 0 Å². The molecule has 0 fully saturated rings. The first-order chi connectivity index (χ1) is 10.1. The summed E-state index contributed by atoms with van der Waals surface area (Å²) in [6.07, 6.45) is 6.87. The van der Waals surface area contributed by atoms with Crippen molar-refractivity contribution in [1.29, 1.82) is 0 Å². The van der Waals surface area contributed by atoms with Gasteiger partial charge >= 0.3 is 0 Å². The monoisotopic (exact) mass is 282 g/mol. The molecule has 0 spiro atoms. The SMILES string of the molecule is CCCCCCC#CC(=O)C(=O)/C(C)=C/c1ccccc1. The third-order valence-electron chi connectivity index (χ3n) is 3.10. The van der Waals surface area contributed by atoms with Gasteiger partial charge in [-0.15, -0.1) is 0 Å². The highest BCUT2D eigenvalue weighted by Gasteiger charge is 2.12. The maximum absolute atomic E-state index is 11.9. The molecule has 0 amide bonds. The van der Waals surface area contributed by atoms with E-state index in [4.69, 9.17) is 0 Å². The van der Waals surface area contributed by atoms with Crippen molar-refractivity contribution < 1.29 is 9.59 Å². The minimum atomic E-state index is -0.616. The van der Waals surface area contributed by atoms with Crippen LogP contribution in [0.3, 0.4) is 0 Å². The van der Waals surface area contributed by atoms with E-state index >= 15 is 0 Å². The third kappa shape index (κ3) is 6.72. The zero-order valence-electron chi connectivity index (χ0n) is 12.8. The standard InChI is InChI=1S/C19H22O2/c1-3-4-5-6-7-11-14-18(20)19(21)16(2)15-17-12-9-8-10-13-17/h8-10,12-13,15H,3-7H2,1-2H3/b16-15+. The molecule has 0 aliphatic heterocycles. The van der Waals surface area contributed by atoms with Crippen LogP contribution >= 0.6 is 0 Å². The van der Waals surface area contributed by atoms with E-state index in [0.717, 1.165) is 18.4 Å². The zero-order valence-corrected chi connectivity index (χ0v) is 12.8. The van der Waals surface area contributed by atoms with Gasteiger partial charge in [-0.1, -0.05) is 62.4 Å². The number of ketones is 2. The molecule has 2 heteroatoms. The van der Waals surface area contributed by atoms with Crippen LogP contribution in [0, 0.1) is 11.8 Å². The molecule has 0 aliphatic carbocycles. The van der Waals surface area contributed by atoms with Crippen molar-refractivity contribution in [2.45, 2.75) is 46.0 Å². The van der Waals surface area contributed by atoms with Crippen molar-refractivity contribution in [2.24, 2.45) is 0 Å². The van der Waals surface area contributed by atoms with Crippen LogP contribution in [-0.4, -0.2) is 11.6 Å². The van der Waals surface area contributed by atoms with Crippen molar-refractivity contribution in [3.8, 4) is 11.8 Å². The summed E-state index contributed by atoms with van der Waals surface area (Å²) in [5, 5.41) is 0. The summed E-state index contributed by atoms with van der Waals surface area (Å²) >= 11 is 0. The van der Waals surface area contributed by atoms with Crippen LogP contribution in [-0.2, 0) is 9.59 Å². The number of allylic oxidation sites excluding steroid dienone is 1. The summed E-state index contributed by atoms with van der Waals surface area (Å²) in [5.41, 5.74) is 1.33. The molecule has 0 bridgehead atoms. The second-order valence-electron chi connectivity index (χ2n) is 5.01. The van der Waals surface area contributed by atoms with E-state index in [9.17, 15) is 9.59 Å². The lowest BCUT2D eigenvalue weighted by Gasteiger charge is -1.97. The lowest BCUT2D eigenvalue weighted by Crippen LogP contribution is -2.12. The lowest BCUT2D eigenvalue weighted by molar-refractivity contribution is -0.130. The van der Waals surface area contributed by atoms with Gasteiger partial charge in [0.05, 0.1) is 0 Å². The predicted molar refractivity (Wildman–Crippen MR) is 86.6 cm³/mol. The zero-order chi connectivity index (χ0) is 15.5. The van der Waals surface area contributed by atoms with Gasteiger partial charge in [0.2, 0.25) is 5.78 Å². The molecule has 1 aromatic carbocycles. The molecular formula is C19H22O2. The molecular weight excluding hydrogens is 260 g/mol. The smallest absolute Gasteiger partial charge is 0.276 e. The molecule has 0 aromatic heterocycles. The Hall–Kier alpha value is -2.14. The molecule has 0 radical (unpaired) electrons. The fourth-order valence-corrected chi connectivity index (χ4v) is 1.88. The van der Waals surface area contributed by atoms with Gasteiger partial charge in [-0.05, 0) is 30.9 Å². The Bertz CT molecular complexity index is 556. The average Bonchev–Trinajstić information content (AvgIpc) is 2.50. The Kier molecular flexibility index (Phi) is 7.82. The Morgan fingerprint density at radius 3 is 2.48 bits per heavy atom. The third-order valence-corrected chi connectivity index (χ3v) is 3.10. The van der Waals surface area contributed by atoms with Crippen LogP contribution in [0.25, 0.3) is 6.08 Å². The number of hydrogen-bond donors (Lipinski definition) is 0. The fourth-order valence-electron chi connectivity index (χ4n) is 1.88. The highest BCUT2D eigenvalue weighted by molar-refractivity contribution is 6.49. The quantitative estimate of drug-likeness (QED) is 0.247. The van der Waals surface area contributed by atoms with E-state index in [1.54, 1.807) is 13.0 Å². The van der Waals surface area contributed by atoms with E-state index in [1.165, 1.54) is 12.8 Å². The average molecular weight is 282 g/mol. The maximum Gasteiger partial charge on any atom is 0.276 e. The van der Waals surface area contributed by atoms with E-state index in [1.807, 2.05) is 30.3 Å². The summed E-state index contributed by atoms with van der Waals surface area (Å²) in [5.74, 6) is 4.11. The first-order valence-electron chi connectivity index (χ1n) is 7.46. The van der Waals surface area contributed by atoms with E-state index < -0.39 is 11.6 Å². The largest absolute Gasteiger partial charge is 0.284 e. The van der Waals surface area contributed by atoms with Crippen molar-refractivity contribution in [3.05, 3.63) is 41.5 Å². The number of rotatable bonds is 7. The minimum Gasteiger partial charge on any atom is -0.284 e. The molecule has 0 N–H and O–H groups in total. The summed E-state index contributed by atoms with van der Waals surface area (Å²) in [4.78, 5) is 23.6. The second-order valence-corrected chi connectivity index (χ2v) is 5.01. The molecule has 110 valence electrons. The van der Waals surface area contributed by atoms with Crippen molar-refractivity contribution in [2.75, 3.05) is 0 Å². The van der Waals surface area contributed by atoms with Gasteiger partial charge in [0.15, 0.2) is 0 Å². The number of Topliss-reactive ketones (excluding diaryl/α,β-unsaturated/α-hetero) is 2. The van der Waals surface area contributed by atoms with Gasteiger partial charge in [-0.2, -0.15) is 0 Å². The normalized spacial score (nSPS) is 10.7. The summed E-state index contributed by atoms with van der Waals surface area (Å²) < 4.78 is 0. The Morgan fingerprint density at radius 1 is 1.10 bits per heavy atom. The number of hydrogen-bond acceptors (Lipinski definition) is 2. The van der Waals surface area contributed by atoms with Crippen LogP contribution < -0.4 is 0 Å². The maximum atomic E-state index is 11.9. The number of unbranched alkanes of at least 4 members (excludes halogenated alkanes) is 4. The van der Waals surface area contributed by atoms with Crippen molar-refractivity contribution in [3.63, 3.8) is 0 Å². The minimum absolute atomic E-state index is 0.423. The number of carbonyl (C=O) groups excluding carboxylic acids is 2. The van der Waals surface area contributed by atoms with Gasteiger partial charge in [0.1, 0.15) is 0 Å². The van der Waals surface area contributed by atoms with Gasteiger partial charge in [-0.25, -0.2) is 0 Å². The predicted octanol–water partition coefficient (Wildman–Crippen LogP) is 4.20. The summed E-state index contributed by atoms with van der Waals surface area (Å²) in [7, 11) is 0. The molecule has 0 saturated heterocycles. The molecule has 0 atom stereocenters. The van der Waals surface area contributed by atoms with Crippen LogP contribution in [0.5, 0.6) is 0 Å². The topological polar surface area (TPSA) is 34.1 Å². The van der Waals surface area contributed by atoms with Crippen LogP contribution in [0.2, 0.25) is 0 Å². The highest BCUT2D eigenvalue weighted by atomic mass is 16.2. The number of benzene rings is 1. The molecule has 0 unspecified atom stereocenters. The van der Waals surface area contributed by atoms with Crippen LogP contribution in [0.4, 0.5) is 0 Å². The molecule has 1 aromatic rings. The molecule has 2 nitrogen and oxygen atoms in total. The molecule has 21 heavy (non-hydrogen) atoms. The fraction of sp³-hybridized carbons (Fsp3) is 0.368.